The van der Waals surface area contributed by atoms with Crippen LogP contribution in [-0.2, 0) is 4.79 Å². The molecule has 0 saturated heterocycles. The maximum atomic E-state index is 12.7. The number of anilines is 2. The van der Waals surface area contributed by atoms with Crippen molar-refractivity contribution in [3.63, 3.8) is 0 Å². The number of benzene rings is 1. The van der Waals surface area contributed by atoms with Crippen LogP contribution in [0.2, 0.25) is 0 Å². The van der Waals surface area contributed by atoms with E-state index in [9.17, 15) is 4.79 Å². The summed E-state index contributed by atoms with van der Waals surface area (Å²) in [4.78, 5) is 15.1. The summed E-state index contributed by atoms with van der Waals surface area (Å²) in [6.45, 7) is 6.43. The van der Waals surface area contributed by atoms with Gasteiger partial charge in [-0.1, -0.05) is 25.0 Å². The number of nitrogens with zero attached hydrogens (tertiary/aromatic N) is 1. The van der Waals surface area contributed by atoms with Crippen molar-refractivity contribution in [1.29, 1.82) is 0 Å². The SMILES string of the molecule is Cc1cccc2c1NC(=O)C1(CCCC1)N2C(C)C. The van der Waals surface area contributed by atoms with Gasteiger partial charge in [-0.15, -0.1) is 0 Å². The molecule has 1 aromatic rings. The average molecular weight is 258 g/mol. The summed E-state index contributed by atoms with van der Waals surface area (Å²) in [5.74, 6) is 0.195. The smallest absolute Gasteiger partial charge is 0.250 e. The van der Waals surface area contributed by atoms with Crippen LogP contribution in [0.25, 0.3) is 0 Å². The zero-order valence-corrected chi connectivity index (χ0v) is 12.0. The fourth-order valence-corrected chi connectivity index (χ4v) is 3.79. The Hall–Kier alpha value is -1.51. The van der Waals surface area contributed by atoms with Crippen molar-refractivity contribution in [2.45, 2.75) is 58.0 Å². The van der Waals surface area contributed by atoms with E-state index in [0.717, 1.165) is 36.9 Å². The van der Waals surface area contributed by atoms with Crippen LogP contribution in [0.1, 0.15) is 45.1 Å². The lowest BCUT2D eigenvalue weighted by atomic mass is 9.88. The predicted octanol–water partition coefficient (Wildman–Crippen LogP) is 3.47. The maximum Gasteiger partial charge on any atom is 0.250 e. The van der Waals surface area contributed by atoms with Crippen molar-refractivity contribution in [2.24, 2.45) is 0 Å². The second kappa shape index (κ2) is 4.26. The molecular weight excluding hydrogens is 236 g/mol. The monoisotopic (exact) mass is 258 g/mol. The minimum Gasteiger partial charge on any atom is -0.353 e. The van der Waals surface area contributed by atoms with Crippen molar-refractivity contribution in [3.05, 3.63) is 23.8 Å². The van der Waals surface area contributed by atoms with Crippen LogP contribution in [0.4, 0.5) is 11.4 Å². The second-order valence-electron chi connectivity index (χ2n) is 6.13. The van der Waals surface area contributed by atoms with Gasteiger partial charge < -0.3 is 10.2 Å². The first-order valence-corrected chi connectivity index (χ1v) is 7.27. The first kappa shape index (κ1) is 12.5. The molecule has 1 N–H and O–H groups in total. The number of para-hydroxylation sites is 1. The molecule has 0 atom stereocenters. The van der Waals surface area contributed by atoms with E-state index in [2.05, 4.69) is 49.2 Å². The normalized spacial score (nSPS) is 20.8. The summed E-state index contributed by atoms with van der Waals surface area (Å²) in [6, 6.07) is 6.63. The van der Waals surface area contributed by atoms with E-state index in [1.54, 1.807) is 0 Å². The molecule has 19 heavy (non-hydrogen) atoms. The van der Waals surface area contributed by atoms with Gasteiger partial charge in [-0.05, 0) is 45.2 Å². The van der Waals surface area contributed by atoms with Gasteiger partial charge in [-0.25, -0.2) is 0 Å². The van der Waals surface area contributed by atoms with Crippen molar-refractivity contribution < 1.29 is 4.79 Å². The molecule has 0 aromatic heterocycles. The fraction of sp³-hybridized carbons (Fsp3) is 0.562. The maximum absolute atomic E-state index is 12.7. The number of aryl methyl sites for hydroxylation is 1. The Morgan fingerprint density at radius 3 is 2.58 bits per heavy atom. The Morgan fingerprint density at radius 1 is 1.26 bits per heavy atom. The predicted molar refractivity (Wildman–Crippen MR) is 78.6 cm³/mol. The zero-order valence-electron chi connectivity index (χ0n) is 12.0. The third kappa shape index (κ3) is 1.67. The van der Waals surface area contributed by atoms with Gasteiger partial charge >= 0.3 is 0 Å². The first-order chi connectivity index (χ1) is 9.06. The molecule has 3 heteroatoms. The number of fused-ring (bicyclic) bond motifs is 1. The van der Waals surface area contributed by atoms with Crippen LogP contribution in [0.15, 0.2) is 18.2 Å². The molecule has 2 aliphatic rings. The third-order valence-corrected chi connectivity index (χ3v) is 4.58. The molecule has 1 aromatic carbocycles. The summed E-state index contributed by atoms with van der Waals surface area (Å²) in [5, 5.41) is 3.17. The highest BCUT2D eigenvalue weighted by molar-refractivity contribution is 6.07. The molecule has 1 aliphatic carbocycles. The van der Waals surface area contributed by atoms with E-state index in [4.69, 9.17) is 0 Å². The van der Waals surface area contributed by atoms with Crippen molar-refractivity contribution >= 4 is 17.3 Å². The van der Waals surface area contributed by atoms with Gasteiger partial charge in [-0.2, -0.15) is 0 Å². The fourth-order valence-electron chi connectivity index (χ4n) is 3.79. The minimum atomic E-state index is -0.311. The van der Waals surface area contributed by atoms with Gasteiger partial charge in [0.05, 0.1) is 11.4 Å². The molecule has 1 saturated carbocycles. The lowest BCUT2D eigenvalue weighted by Crippen LogP contribution is -2.60. The van der Waals surface area contributed by atoms with E-state index >= 15 is 0 Å². The highest BCUT2D eigenvalue weighted by Crippen LogP contribution is 2.47. The zero-order chi connectivity index (χ0) is 13.6. The molecule has 102 valence electrons. The Morgan fingerprint density at radius 2 is 1.95 bits per heavy atom. The van der Waals surface area contributed by atoms with Crippen LogP contribution in [0.3, 0.4) is 0 Å². The van der Waals surface area contributed by atoms with E-state index in [-0.39, 0.29) is 11.4 Å². The third-order valence-electron chi connectivity index (χ3n) is 4.58. The summed E-state index contributed by atoms with van der Waals surface area (Å²) in [6.07, 6.45) is 4.25. The van der Waals surface area contributed by atoms with Gasteiger partial charge in [0.2, 0.25) is 5.91 Å². The van der Waals surface area contributed by atoms with Gasteiger partial charge in [0.25, 0.3) is 0 Å². The molecule has 0 unspecified atom stereocenters. The largest absolute Gasteiger partial charge is 0.353 e. The minimum absolute atomic E-state index is 0.195. The lowest BCUT2D eigenvalue weighted by Gasteiger charge is -2.48. The molecule has 1 heterocycles. The highest BCUT2D eigenvalue weighted by atomic mass is 16.2. The number of rotatable bonds is 1. The van der Waals surface area contributed by atoms with Crippen LogP contribution in [0.5, 0.6) is 0 Å². The number of hydrogen-bond donors (Lipinski definition) is 1. The first-order valence-electron chi connectivity index (χ1n) is 7.27. The van der Waals surface area contributed by atoms with Gasteiger partial charge in [0, 0.05) is 6.04 Å². The van der Waals surface area contributed by atoms with Gasteiger partial charge in [0.15, 0.2) is 0 Å². The lowest BCUT2D eigenvalue weighted by molar-refractivity contribution is -0.121. The average Bonchev–Trinajstić information content (AvgIpc) is 2.82. The van der Waals surface area contributed by atoms with E-state index in [1.165, 1.54) is 5.69 Å². The topological polar surface area (TPSA) is 32.3 Å². The molecule has 3 rings (SSSR count). The molecule has 1 spiro atoms. The molecule has 0 bridgehead atoms. The summed E-state index contributed by atoms with van der Waals surface area (Å²) >= 11 is 0. The summed E-state index contributed by atoms with van der Waals surface area (Å²) in [7, 11) is 0. The van der Waals surface area contributed by atoms with E-state index in [1.807, 2.05) is 0 Å². The number of amides is 1. The van der Waals surface area contributed by atoms with Gasteiger partial charge in [0.1, 0.15) is 5.54 Å². The molecule has 1 aliphatic heterocycles. The van der Waals surface area contributed by atoms with Crippen LogP contribution < -0.4 is 10.2 Å². The van der Waals surface area contributed by atoms with Crippen LogP contribution >= 0.6 is 0 Å². The molecule has 3 nitrogen and oxygen atoms in total. The molecule has 1 amide bonds. The highest BCUT2D eigenvalue weighted by Gasteiger charge is 2.50. The number of carbonyl (C=O) groups excluding carboxylic acids is 1. The Kier molecular flexibility index (Phi) is 2.80. The van der Waals surface area contributed by atoms with Crippen LogP contribution in [-0.4, -0.2) is 17.5 Å². The Bertz CT molecular complexity index is 515. The molecule has 0 radical (unpaired) electrons. The Labute approximate surface area is 115 Å². The summed E-state index contributed by atoms with van der Waals surface area (Å²) < 4.78 is 0. The van der Waals surface area contributed by atoms with Crippen molar-refractivity contribution in [3.8, 4) is 0 Å². The number of nitrogens with one attached hydrogen (secondary N) is 1. The quantitative estimate of drug-likeness (QED) is 0.836. The van der Waals surface area contributed by atoms with Crippen molar-refractivity contribution in [2.75, 3.05) is 10.2 Å². The molecular formula is C16H22N2O. The Balaban J connectivity index is 2.18. The van der Waals surface area contributed by atoms with E-state index < -0.39 is 0 Å². The van der Waals surface area contributed by atoms with Crippen LogP contribution in [0, 0.1) is 6.92 Å². The second-order valence-corrected chi connectivity index (χ2v) is 6.13. The van der Waals surface area contributed by atoms with E-state index in [0.29, 0.717) is 6.04 Å². The van der Waals surface area contributed by atoms with Crippen molar-refractivity contribution in [1.82, 2.24) is 0 Å². The standard InChI is InChI=1S/C16H22N2O/c1-11(2)18-13-8-6-7-12(3)14(13)17-15(19)16(18)9-4-5-10-16/h6-8,11H,4-5,9-10H2,1-3H3,(H,17,19). The number of hydrogen-bond acceptors (Lipinski definition) is 2. The summed E-state index contributed by atoms with van der Waals surface area (Å²) in [5.41, 5.74) is 3.02. The van der Waals surface area contributed by atoms with Gasteiger partial charge in [-0.3, -0.25) is 4.79 Å². The number of carbonyl (C=O) groups is 1. The molecule has 1 fully saturated rings.